The van der Waals surface area contributed by atoms with Crippen molar-refractivity contribution < 1.29 is 9.13 Å². The molecular formula is C9H13FN4O2. The summed E-state index contributed by atoms with van der Waals surface area (Å²) in [4.78, 5) is 16.8. The summed E-state index contributed by atoms with van der Waals surface area (Å²) in [5, 5.41) is 0. The van der Waals surface area contributed by atoms with E-state index in [0.717, 1.165) is 10.8 Å². The van der Waals surface area contributed by atoms with Crippen LogP contribution in [0, 0.1) is 5.82 Å². The fourth-order valence-electron chi connectivity index (χ4n) is 1.56. The fourth-order valence-corrected chi connectivity index (χ4v) is 1.56. The molecule has 1 saturated heterocycles. The molecule has 0 aromatic carbocycles. The van der Waals surface area contributed by atoms with Gasteiger partial charge in [0.25, 0.3) is 0 Å². The second-order valence-corrected chi connectivity index (χ2v) is 3.57. The minimum atomic E-state index is -0.673. The Morgan fingerprint density at radius 1 is 1.50 bits per heavy atom. The number of rotatable bonds is 2. The van der Waals surface area contributed by atoms with Crippen molar-refractivity contribution in [1.29, 1.82) is 0 Å². The van der Waals surface area contributed by atoms with Crippen molar-refractivity contribution in [2.45, 2.75) is 6.67 Å². The van der Waals surface area contributed by atoms with Crippen LogP contribution in [0.2, 0.25) is 0 Å². The third-order valence-electron chi connectivity index (χ3n) is 2.50. The van der Waals surface area contributed by atoms with Crippen molar-refractivity contribution in [2.75, 3.05) is 32.0 Å². The minimum absolute atomic E-state index is 0.175. The van der Waals surface area contributed by atoms with Crippen LogP contribution in [0.3, 0.4) is 0 Å². The molecule has 7 heteroatoms. The molecule has 1 aromatic rings. The summed E-state index contributed by atoms with van der Waals surface area (Å²) in [6, 6.07) is 0. The zero-order valence-corrected chi connectivity index (χ0v) is 8.73. The molecule has 88 valence electrons. The van der Waals surface area contributed by atoms with Gasteiger partial charge in [-0.25, -0.2) is 9.18 Å². The van der Waals surface area contributed by atoms with Crippen LogP contribution in [0.15, 0.2) is 11.0 Å². The van der Waals surface area contributed by atoms with Crippen LogP contribution in [0.5, 0.6) is 0 Å². The number of hydrogen-bond donors (Lipinski definition) is 1. The highest BCUT2D eigenvalue weighted by molar-refractivity contribution is 5.28. The van der Waals surface area contributed by atoms with Crippen LogP contribution in [-0.2, 0) is 11.4 Å². The average molecular weight is 228 g/mol. The normalized spacial score (nSPS) is 17.6. The molecule has 2 N–H and O–H groups in total. The Bertz CT molecular complexity index is 428. The van der Waals surface area contributed by atoms with Gasteiger partial charge in [-0.1, -0.05) is 0 Å². The first-order chi connectivity index (χ1) is 7.68. The molecule has 0 bridgehead atoms. The van der Waals surface area contributed by atoms with E-state index >= 15 is 0 Å². The zero-order chi connectivity index (χ0) is 11.5. The van der Waals surface area contributed by atoms with E-state index < -0.39 is 11.5 Å². The maximum absolute atomic E-state index is 13.1. The van der Waals surface area contributed by atoms with Crippen molar-refractivity contribution in [1.82, 2.24) is 14.5 Å². The fraction of sp³-hybridized carbons (Fsp3) is 0.556. The molecular weight excluding hydrogens is 215 g/mol. The molecule has 0 saturated carbocycles. The van der Waals surface area contributed by atoms with Gasteiger partial charge in [-0.05, 0) is 0 Å². The zero-order valence-electron chi connectivity index (χ0n) is 8.73. The summed E-state index contributed by atoms with van der Waals surface area (Å²) in [5.74, 6) is -0.848. The van der Waals surface area contributed by atoms with Gasteiger partial charge in [-0.15, -0.1) is 0 Å². The Hall–Kier alpha value is -1.47. The number of morpholine rings is 1. The van der Waals surface area contributed by atoms with Gasteiger partial charge in [0.1, 0.15) is 5.82 Å². The molecule has 1 aliphatic rings. The van der Waals surface area contributed by atoms with Crippen LogP contribution in [0.25, 0.3) is 0 Å². The second kappa shape index (κ2) is 4.58. The average Bonchev–Trinajstić information content (AvgIpc) is 2.31. The molecule has 1 fully saturated rings. The van der Waals surface area contributed by atoms with Crippen molar-refractivity contribution in [3.8, 4) is 0 Å². The van der Waals surface area contributed by atoms with Crippen molar-refractivity contribution in [2.24, 2.45) is 0 Å². The number of nitrogen functional groups attached to an aromatic ring is 1. The van der Waals surface area contributed by atoms with E-state index in [-0.39, 0.29) is 12.5 Å². The topological polar surface area (TPSA) is 73.4 Å². The highest BCUT2D eigenvalue weighted by atomic mass is 19.1. The summed E-state index contributed by atoms with van der Waals surface area (Å²) in [5.41, 5.74) is 4.95. The SMILES string of the molecule is Nc1c(F)cnc(=O)n1CN1CCOCC1. The van der Waals surface area contributed by atoms with Crippen LogP contribution in [0.4, 0.5) is 10.2 Å². The quantitative estimate of drug-likeness (QED) is 0.721. The van der Waals surface area contributed by atoms with Gasteiger partial charge in [-0.3, -0.25) is 9.47 Å². The van der Waals surface area contributed by atoms with Gasteiger partial charge < -0.3 is 10.5 Å². The Morgan fingerprint density at radius 3 is 2.88 bits per heavy atom. The lowest BCUT2D eigenvalue weighted by Gasteiger charge is -2.27. The van der Waals surface area contributed by atoms with Gasteiger partial charge in [0, 0.05) is 13.1 Å². The molecule has 2 rings (SSSR count). The maximum Gasteiger partial charge on any atom is 0.350 e. The molecule has 0 atom stereocenters. The first kappa shape index (κ1) is 11.0. The number of nitrogens with zero attached hydrogens (tertiary/aromatic N) is 3. The smallest absolute Gasteiger partial charge is 0.350 e. The van der Waals surface area contributed by atoms with Crippen LogP contribution < -0.4 is 11.4 Å². The van der Waals surface area contributed by atoms with Crippen LogP contribution in [0.1, 0.15) is 0 Å². The molecule has 0 amide bonds. The molecule has 1 aromatic heterocycles. The number of hydrogen-bond acceptors (Lipinski definition) is 5. The summed E-state index contributed by atoms with van der Waals surface area (Å²) < 4.78 is 19.4. The Morgan fingerprint density at radius 2 is 2.19 bits per heavy atom. The first-order valence-corrected chi connectivity index (χ1v) is 4.99. The summed E-state index contributed by atoms with van der Waals surface area (Å²) in [6.45, 7) is 2.86. The summed E-state index contributed by atoms with van der Waals surface area (Å²) >= 11 is 0. The number of halogens is 1. The number of anilines is 1. The first-order valence-electron chi connectivity index (χ1n) is 4.99. The molecule has 16 heavy (non-hydrogen) atoms. The van der Waals surface area contributed by atoms with Gasteiger partial charge >= 0.3 is 5.69 Å². The number of ether oxygens (including phenoxy) is 1. The molecule has 6 nitrogen and oxygen atoms in total. The van der Waals surface area contributed by atoms with E-state index in [0.29, 0.717) is 26.3 Å². The van der Waals surface area contributed by atoms with E-state index in [2.05, 4.69) is 4.98 Å². The molecule has 0 aliphatic carbocycles. The lowest BCUT2D eigenvalue weighted by Crippen LogP contribution is -2.41. The number of nitrogens with two attached hydrogens (primary N) is 1. The Kier molecular flexibility index (Phi) is 3.16. The van der Waals surface area contributed by atoms with Crippen molar-refractivity contribution >= 4 is 5.82 Å². The molecule has 0 radical (unpaired) electrons. The molecule has 1 aliphatic heterocycles. The van der Waals surface area contributed by atoms with E-state index in [9.17, 15) is 9.18 Å². The molecule has 0 spiro atoms. The van der Waals surface area contributed by atoms with Crippen molar-refractivity contribution in [3.05, 3.63) is 22.5 Å². The predicted molar refractivity (Wildman–Crippen MR) is 55.3 cm³/mol. The standard InChI is InChI=1S/C9H13FN4O2/c10-7-5-12-9(15)14(8(7)11)6-13-1-3-16-4-2-13/h5H,1-4,6,11H2. The minimum Gasteiger partial charge on any atom is -0.382 e. The van der Waals surface area contributed by atoms with Crippen LogP contribution >= 0.6 is 0 Å². The van der Waals surface area contributed by atoms with Gasteiger partial charge in [-0.2, -0.15) is 4.98 Å². The predicted octanol–water partition coefficient (Wildman–Crippen LogP) is -0.746. The Labute approximate surface area is 91.4 Å². The Balaban J connectivity index is 2.20. The third-order valence-corrected chi connectivity index (χ3v) is 2.50. The maximum atomic E-state index is 13.1. The summed E-state index contributed by atoms with van der Waals surface area (Å²) in [6.07, 6.45) is 0.841. The van der Waals surface area contributed by atoms with Gasteiger partial charge in [0.2, 0.25) is 0 Å². The lowest BCUT2D eigenvalue weighted by molar-refractivity contribution is 0.0229. The second-order valence-electron chi connectivity index (χ2n) is 3.57. The van der Waals surface area contributed by atoms with E-state index in [1.807, 2.05) is 4.90 Å². The largest absolute Gasteiger partial charge is 0.382 e. The molecule has 0 unspecified atom stereocenters. The van der Waals surface area contributed by atoms with E-state index in [4.69, 9.17) is 10.5 Å². The summed E-state index contributed by atoms with van der Waals surface area (Å²) in [7, 11) is 0. The highest BCUT2D eigenvalue weighted by Crippen LogP contribution is 2.06. The third kappa shape index (κ3) is 2.20. The van der Waals surface area contributed by atoms with Gasteiger partial charge in [0.05, 0.1) is 26.1 Å². The monoisotopic (exact) mass is 228 g/mol. The van der Waals surface area contributed by atoms with Crippen molar-refractivity contribution in [3.63, 3.8) is 0 Å². The number of aromatic nitrogens is 2. The lowest BCUT2D eigenvalue weighted by atomic mass is 10.4. The van der Waals surface area contributed by atoms with Gasteiger partial charge in [0.15, 0.2) is 5.82 Å². The van der Waals surface area contributed by atoms with Crippen LogP contribution in [-0.4, -0.2) is 40.8 Å². The molecule has 2 heterocycles. The highest BCUT2D eigenvalue weighted by Gasteiger charge is 2.14. The van der Waals surface area contributed by atoms with E-state index in [1.54, 1.807) is 0 Å². The van der Waals surface area contributed by atoms with E-state index in [1.165, 1.54) is 0 Å².